The van der Waals surface area contributed by atoms with Gasteiger partial charge in [-0.25, -0.2) is 18.6 Å². The van der Waals surface area contributed by atoms with Gasteiger partial charge in [-0.2, -0.15) is 0 Å². The zero-order chi connectivity index (χ0) is 21.4. The Morgan fingerprint density at radius 3 is 2.50 bits per heavy atom. The van der Waals surface area contributed by atoms with Crippen LogP contribution in [0.5, 0.6) is 0 Å². The van der Waals surface area contributed by atoms with Gasteiger partial charge < -0.3 is 4.57 Å². The lowest BCUT2D eigenvalue weighted by atomic mass is 10.2. The fourth-order valence-electron chi connectivity index (χ4n) is 3.26. The summed E-state index contributed by atoms with van der Waals surface area (Å²) in [5, 5.41) is 0.441. The summed E-state index contributed by atoms with van der Waals surface area (Å²) in [5.74, 6) is -0.438. The normalized spacial score (nSPS) is 11.3. The molecule has 2 aromatic carbocycles. The number of nitrogens with zero attached hydrogens (tertiary/aromatic N) is 4. The van der Waals surface area contributed by atoms with Gasteiger partial charge in [-0.15, -0.1) is 0 Å². The molecule has 0 bridgehead atoms. The van der Waals surface area contributed by atoms with Crippen molar-refractivity contribution < 1.29 is 8.78 Å². The highest BCUT2D eigenvalue weighted by Crippen LogP contribution is 2.27. The molecule has 0 amide bonds. The van der Waals surface area contributed by atoms with E-state index in [9.17, 15) is 18.4 Å². The lowest BCUT2D eigenvalue weighted by Gasteiger charge is -2.10. The Morgan fingerprint density at radius 1 is 1.00 bits per heavy atom. The van der Waals surface area contributed by atoms with Crippen molar-refractivity contribution in [3.63, 3.8) is 0 Å². The number of aromatic nitrogens is 4. The van der Waals surface area contributed by atoms with Gasteiger partial charge in [0.1, 0.15) is 11.6 Å². The van der Waals surface area contributed by atoms with Crippen LogP contribution in [0.1, 0.15) is 11.1 Å². The van der Waals surface area contributed by atoms with E-state index in [4.69, 9.17) is 0 Å². The largest absolute Gasteiger partial charge is 0.332 e. The molecule has 0 spiro atoms. The zero-order valence-corrected chi connectivity index (χ0v) is 17.1. The topological polar surface area (TPSA) is 61.8 Å². The van der Waals surface area contributed by atoms with E-state index in [0.717, 1.165) is 4.57 Å². The summed E-state index contributed by atoms with van der Waals surface area (Å²) in [4.78, 5) is 29.7. The summed E-state index contributed by atoms with van der Waals surface area (Å²) < 4.78 is 31.7. The molecule has 2 heterocycles. The van der Waals surface area contributed by atoms with Crippen LogP contribution in [0, 0.1) is 11.6 Å². The van der Waals surface area contributed by atoms with Crippen molar-refractivity contribution in [2.45, 2.75) is 17.5 Å². The fourth-order valence-corrected chi connectivity index (χ4v) is 4.24. The maximum atomic E-state index is 14.0. The van der Waals surface area contributed by atoms with E-state index in [2.05, 4.69) is 4.98 Å². The van der Waals surface area contributed by atoms with E-state index >= 15 is 0 Å². The number of fused-ring (bicyclic) bond motifs is 1. The molecule has 0 aliphatic heterocycles. The number of imidazole rings is 1. The van der Waals surface area contributed by atoms with Gasteiger partial charge in [0.05, 0.1) is 6.54 Å². The predicted molar refractivity (Wildman–Crippen MR) is 112 cm³/mol. The Labute approximate surface area is 174 Å². The van der Waals surface area contributed by atoms with E-state index in [0.29, 0.717) is 16.3 Å². The summed E-state index contributed by atoms with van der Waals surface area (Å²) >= 11 is 1.25. The van der Waals surface area contributed by atoms with Gasteiger partial charge in [-0.3, -0.25) is 13.9 Å². The molecule has 0 fully saturated rings. The van der Waals surface area contributed by atoms with Gasteiger partial charge in [0.2, 0.25) is 0 Å². The predicted octanol–water partition coefficient (Wildman–Crippen LogP) is 3.05. The SMILES string of the molecule is Cn1c(=O)c2c(nc(SCc3ccccc3F)n2Cc2cccc(F)c2)n(C)c1=O. The number of rotatable bonds is 5. The summed E-state index contributed by atoms with van der Waals surface area (Å²) in [6, 6.07) is 12.5. The molecule has 0 saturated heterocycles. The number of halogens is 2. The van der Waals surface area contributed by atoms with Crippen molar-refractivity contribution >= 4 is 22.9 Å². The molecule has 9 heteroatoms. The fraction of sp³-hybridized carbons (Fsp3) is 0.190. The van der Waals surface area contributed by atoms with E-state index in [1.807, 2.05) is 0 Å². The molecule has 0 unspecified atom stereocenters. The minimum atomic E-state index is -0.492. The number of hydrogen-bond acceptors (Lipinski definition) is 4. The van der Waals surface area contributed by atoms with Crippen molar-refractivity contribution in [3.8, 4) is 0 Å². The molecule has 0 aliphatic rings. The van der Waals surface area contributed by atoms with Crippen LogP contribution in [0.15, 0.2) is 63.3 Å². The molecule has 6 nitrogen and oxygen atoms in total. The summed E-state index contributed by atoms with van der Waals surface area (Å²) in [5.41, 5.74) is 0.616. The molecule has 0 atom stereocenters. The third kappa shape index (κ3) is 3.56. The second-order valence-corrected chi connectivity index (χ2v) is 7.81. The molecular formula is C21H18F2N4O2S. The molecule has 0 radical (unpaired) electrons. The second-order valence-electron chi connectivity index (χ2n) is 6.87. The minimum Gasteiger partial charge on any atom is -0.309 e. The van der Waals surface area contributed by atoms with E-state index in [1.54, 1.807) is 34.9 Å². The van der Waals surface area contributed by atoms with Crippen LogP contribution in [0.3, 0.4) is 0 Å². The van der Waals surface area contributed by atoms with Crippen molar-refractivity contribution in [3.05, 3.63) is 92.1 Å². The third-order valence-electron chi connectivity index (χ3n) is 4.86. The maximum absolute atomic E-state index is 14.0. The van der Waals surface area contributed by atoms with Crippen LogP contribution in [0.2, 0.25) is 0 Å². The molecule has 0 N–H and O–H groups in total. The van der Waals surface area contributed by atoms with Gasteiger partial charge in [0.25, 0.3) is 5.56 Å². The zero-order valence-electron chi connectivity index (χ0n) is 16.3. The Kier molecular flexibility index (Phi) is 5.29. The van der Waals surface area contributed by atoms with E-state index in [1.165, 1.54) is 48.6 Å². The van der Waals surface area contributed by atoms with Gasteiger partial charge in [-0.1, -0.05) is 42.1 Å². The molecular weight excluding hydrogens is 410 g/mol. The van der Waals surface area contributed by atoms with Crippen LogP contribution in [0.25, 0.3) is 11.2 Å². The Hall–Kier alpha value is -3.20. The third-order valence-corrected chi connectivity index (χ3v) is 5.88. The number of hydrogen-bond donors (Lipinski definition) is 0. The van der Waals surface area contributed by atoms with Crippen LogP contribution in [-0.4, -0.2) is 18.7 Å². The first-order chi connectivity index (χ1) is 14.4. The number of thioether (sulfide) groups is 1. The lowest BCUT2D eigenvalue weighted by molar-refractivity contribution is 0.616. The number of benzene rings is 2. The molecule has 154 valence electrons. The van der Waals surface area contributed by atoms with Gasteiger partial charge >= 0.3 is 5.69 Å². The first-order valence-electron chi connectivity index (χ1n) is 9.13. The van der Waals surface area contributed by atoms with Crippen molar-refractivity contribution in [2.75, 3.05) is 0 Å². The van der Waals surface area contributed by atoms with Crippen LogP contribution >= 0.6 is 11.8 Å². The molecule has 2 aromatic heterocycles. The van der Waals surface area contributed by atoms with E-state index in [-0.39, 0.29) is 29.3 Å². The standard InChI is InChI=1S/C21H18F2N4O2S/c1-25-18-17(19(28)26(2)21(25)29)27(11-13-6-5-8-15(22)10-13)20(24-18)30-12-14-7-3-4-9-16(14)23/h3-10H,11-12H2,1-2H3. The Balaban J connectivity index is 1.86. The number of aryl methyl sites for hydroxylation is 1. The average molecular weight is 428 g/mol. The summed E-state index contributed by atoms with van der Waals surface area (Å²) in [7, 11) is 2.94. The van der Waals surface area contributed by atoms with Crippen molar-refractivity contribution in [1.29, 1.82) is 0 Å². The monoisotopic (exact) mass is 428 g/mol. The van der Waals surface area contributed by atoms with Gasteiger partial charge in [0.15, 0.2) is 16.3 Å². The molecule has 0 aliphatic carbocycles. The first kappa shape index (κ1) is 20.1. The highest BCUT2D eigenvalue weighted by Gasteiger charge is 2.20. The van der Waals surface area contributed by atoms with Crippen LogP contribution in [0.4, 0.5) is 8.78 Å². The average Bonchev–Trinajstić information content (AvgIpc) is 3.08. The Bertz CT molecular complexity index is 1370. The molecule has 4 aromatic rings. The molecule has 0 saturated carbocycles. The highest BCUT2D eigenvalue weighted by atomic mass is 32.2. The minimum absolute atomic E-state index is 0.182. The second kappa shape index (κ2) is 7.91. The first-order valence-corrected chi connectivity index (χ1v) is 10.1. The van der Waals surface area contributed by atoms with Crippen molar-refractivity contribution in [1.82, 2.24) is 18.7 Å². The highest BCUT2D eigenvalue weighted by molar-refractivity contribution is 7.98. The summed E-state index contributed by atoms with van der Waals surface area (Å²) in [6.45, 7) is 0.182. The molecule has 30 heavy (non-hydrogen) atoms. The smallest absolute Gasteiger partial charge is 0.309 e. The van der Waals surface area contributed by atoms with E-state index < -0.39 is 17.1 Å². The lowest BCUT2D eigenvalue weighted by Crippen LogP contribution is -2.37. The Morgan fingerprint density at radius 2 is 1.77 bits per heavy atom. The summed E-state index contributed by atoms with van der Waals surface area (Å²) in [6.07, 6.45) is 0. The quantitative estimate of drug-likeness (QED) is 0.459. The van der Waals surface area contributed by atoms with Crippen LogP contribution < -0.4 is 11.2 Å². The van der Waals surface area contributed by atoms with Crippen molar-refractivity contribution in [2.24, 2.45) is 14.1 Å². The maximum Gasteiger partial charge on any atom is 0.332 e. The van der Waals surface area contributed by atoms with Crippen LogP contribution in [-0.2, 0) is 26.4 Å². The van der Waals surface area contributed by atoms with Gasteiger partial charge in [-0.05, 0) is 29.3 Å². The van der Waals surface area contributed by atoms with Gasteiger partial charge in [0, 0.05) is 19.8 Å². The molecule has 4 rings (SSSR count).